The Hall–Kier alpha value is -8.25. The summed E-state index contributed by atoms with van der Waals surface area (Å²) < 4.78 is 16.5. The third-order valence-electron chi connectivity index (χ3n) is 8.95. The minimum Gasteiger partial charge on any atom is -0.490 e. The molecule has 6 amide bonds. The van der Waals surface area contributed by atoms with E-state index in [1.807, 2.05) is 72.8 Å². The predicted octanol–water partition coefficient (Wildman–Crippen LogP) is 11.5. The van der Waals surface area contributed by atoms with E-state index >= 15 is 0 Å². The van der Waals surface area contributed by atoms with Crippen molar-refractivity contribution >= 4 is 52.2 Å². The number of amides is 6. The molecule has 0 spiro atoms. The van der Waals surface area contributed by atoms with E-state index in [2.05, 4.69) is 51.6 Å². The predicted molar refractivity (Wildman–Crippen MR) is 245 cm³/mol. The second-order valence-corrected chi connectivity index (χ2v) is 13.4. The first-order chi connectivity index (χ1) is 29.8. The van der Waals surface area contributed by atoms with Crippen molar-refractivity contribution in [2.45, 2.75) is 5.92 Å². The number of ether oxygens (including phenoxy) is 3. The Morgan fingerprint density at radius 1 is 0.361 bits per heavy atom. The van der Waals surface area contributed by atoms with Crippen LogP contribution in [0.5, 0.6) is 17.2 Å². The topological polar surface area (TPSA) is 151 Å². The van der Waals surface area contributed by atoms with E-state index in [9.17, 15) is 14.4 Å². The SMILES string of the molecule is C=CCOc1ccc(NC(=O)Nc2ccc(C(c3ccc(NC(=O)Nc4ccc(OCC=C)cc4)cc3)c3ccc(NC(=O)Nc4ccc(OCC=C)cc4)cc3)cc2)cc1. The van der Waals surface area contributed by atoms with E-state index in [1.165, 1.54) is 0 Å². The molecule has 0 heterocycles. The van der Waals surface area contributed by atoms with Crippen molar-refractivity contribution in [2.24, 2.45) is 0 Å². The zero-order valence-electron chi connectivity index (χ0n) is 33.4. The van der Waals surface area contributed by atoms with Gasteiger partial charge in [-0.25, -0.2) is 14.4 Å². The van der Waals surface area contributed by atoms with E-state index in [4.69, 9.17) is 14.2 Å². The summed E-state index contributed by atoms with van der Waals surface area (Å²) in [4.78, 5) is 38.6. The van der Waals surface area contributed by atoms with Crippen LogP contribution in [0.25, 0.3) is 0 Å². The number of hydrogen-bond donors (Lipinski definition) is 6. The van der Waals surface area contributed by atoms with Crippen molar-refractivity contribution in [1.82, 2.24) is 0 Å². The average Bonchev–Trinajstić information content (AvgIpc) is 3.27. The number of carbonyl (C=O) groups is 3. The van der Waals surface area contributed by atoms with Gasteiger partial charge in [0, 0.05) is 40.0 Å². The van der Waals surface area contributed by atoms with Crippen LogP contribution in [0.4, 0.5) is 48.5 Å². The molecule has 0 saturated heterocycles. The van der Waals surface area contributed by atoms with Gasteiger partial charge in [0.05, 0.1) is 0 Å². The number of carbonyl (C=O) groups excluding carboxylic acids is 3. The van der Waals surface area contributed by atoms with Crippen LogP contribution >= 0.6 is 0 Å². The van der Waals surface area contributed by atoms with Gasteiger partial charge in [-0.05, 0) is 126 Å². The molecule has 0 saturated carbocycles. The van der Waals surface area contributed by atoms with Crippen molar-refractivity contribution < 1.29 is 28.6 Å². The van der Waals surface area contributed by atoms with Crippen LogP contribution in [-0.2, 0) is 0 Å². The monoisotopic (exact) mass is 814 g/mol. The fourth-order valence-corrected chi connectivity index (χ4v) is 6.10. The van der Waals surface area contributed by atoms with Crippen molar-refractivity contribution in [3.05, 3.63) is 200 Å². The van der Waals surface area contributed by atoms with Crippen LogP contribution in [0.3, 0.4) is 0 Å². The van der Waals surface area contributed by atoms with Crippen LogP contribution in [0.2, 0.25) is 0 Å². The van der Waals surface area contributed by atoms with Gasteiger partial charge in [0.25, 0.3) is 0 Å². The van der Waals surface area contributed by atoms with Gasteiger partial charge in [-0.1, -0.05) is 74.4 Å². The number of benzene rings is 6. The van der Waals surface area contributed by atoms with Crippen LogP contribution in [0.15, 0.2) is 184 Å². The van der Waals surface area contributed by atoms with Gasteiger partial charge < -0.3 is 46.1 Å². The highest BCUT2D eigenvalue weighted by atomic mass is 16.5. The molecule has 0 fully saturated rings. The summed E-state index contributed by atoms with van der Waals surface area (Å²) >= 11 is 0. The Labute approximate surface area is 355 Å². The molecule has 0 aromatic heterocycles. The largest absolute Gasteiger partial charge is 0.490 e. The molecule has 6 rings (SSSR count). The lowest BCUT2D eigenvalue weighted by atomic mass is 9.85. The van der Waals surface area contributed by atoms with Crippen molar-refractivity contribution in [1.29, 1.82) is 0 Å². The fraction of sp³-hybridized carbons (Fsp3) is 0.0816. The van der Waals surface area contributed by atoms with Crippen LogP contribution in [0.1, 0.15) is 22.6 Å². The van der Waals surface area contributed by atoms with Crippen LogP contribution < -0.4 is 46.1 Å². The molecule has 6 N–H and O–H groups in total. The molecule has 6 aromatic carbocycles. The molecule has 61 heavy (non-hydrogen) atoms. The minimum atomic E-state index is -0.396. The van der Waals surface area contributed by atoms with Crippen molar-refractivity contribution in [2.75, 3.05) is 51.7 Å². The van der Waals surface area contributed by atoms with E-state index < -0.39 is 18.1 Å². The fourth-order valence-electron chi connectivity index (χ4n) is 6.10. The summed E-state index contributed by atoms with van der Waals surface area (Å²) in [5.74, 6) is 1.76. The maximum absolute atomic E-state index is 12.9. The van der Waals surface area contributed by atoms with Gasteiger partial charge >= 0.3 is 18.1 Å². The summed E-state index contributed by atoms with van der Waals surface area (Å²) in [6, 6.07) is 42.7. The summed E-state index contributed by atoms with van der Waals surface area (Å²) in [7, 11) is 0. The van der Waals surface area contributed by atoms with Gasteiger partial charge in [0.2, 0.25) is 0 Å². The quantitative estimate of drug-likeness (QED) is 0.0375. The number of nitrogens with one attached hydrogen (secondary N) is 6. The number of urea groups is 3. The highest BCUT2D eigenvalue weighted by Crippen LogP contribution is 2.34. The van der Waals surface area contributed by atoms with Crippen LogP contribution in [0, 0.1) is 0 Å². The first kappa shape index (κ1) is 42.4. The zero-order chi connectivity index (χ0) is 42.8. The van der Waals surface area contributed by atoms with E-state index in [1.54, 1.807) is 91.0 Å². The summed E-state index contributed by atoms with van der Waals surface area (Å²) in [5.41, 5.74) is 6.45. The molecule has 6 aromatic rings. The lowest BCUT2D eigenvalue weighted by Gasteiger charge is -2.20. The molecule has 0 unspecified atom stereocenters. The Morgan fingerprint density at radius 3 is 0.754 bits per heavy atom. The Bertz CT molecular complexity index is 2130. The molecule has 308 valence electrons. The van der Waals surface area contributed by atoms with Gasteiger partial charge in [-0.3, -0.25) is 0 Å². The second-order valence-electron chi connectivity index (χ2n) is 13.4. The van der Waals surface area contributed by atoms with Gasteiger partial charge in [0.15, 0.2) is 0 Å². The van der Waals surface area contributed by atoms with E-state index in [0.717, 1.165) is 16.7 Å². The molecule has 0 aliphatic carbocycles. The number of anilines is 6. The summed E-state index contributed by atoms with van der Waals surface area (Å²) in [6.07, 6.45) is 4.99. The molecule has 12 nitrogen and oxygen atoms in total. The summed E-state index contributed by atoms with van der Waals surface area (Å²) in [5, 5.41) is 17.2. The first-order valence-corrected chi connectivity index (χ1v) is 19.3. The smallest absolute Gasteiger partial charge is 0.323 e. The zero-order valence-corrected chi connectivity index (χ0v) is 33.4. The third kappa shape index (κ3) is 12.9. The highest BCUT2D eigenvalue weighted by molar-refractivity contribution is 6.01. The molecule has 0 aliphatic heterocycles. The Kier molecular flexibility index (Phi) is 14.9. The molecular formula is C49H46N6O6. The maximum atomic E-state index is 12.9. The Morgan fingerprint density at radius 2 is 0.557 bits per heavy atom. The Balaban J connectivity index is 1.15. The number of rotatable bonds is 18. The normalized spacial score (nSPS) is 10.4. The van der Waals surface area contributed by atoms with Crippen LogP contribution in [-0.4, -0.2) is 37.9 Å². The van der Waals surface area contributed by atoms with E-state index in [-0.39, 0.29) is 5.92 Å². The lowest BCUT2D eigenvalue weighted by Crippen LogP contribution is -2.19. The lowest BCUT2D eigenvalue weighted by molar-refractivity contribution is 0.261. The van der Waals surface area contributed by atoms with Gasteiger partial charge in [0.1, 0.15) is 37.1 Å². The molecule has 0 bridgehead atoms. The molecule has 0 radical (unpaired) electrons. The summed E-state index contributed by atoms with van der Waals surface area (Å²) in [6.45, 7) is 12.1. The highest BCUT2D eigenvalue weighted by Gasteiger charge is 2.18. The minimum absolute atomic E-state index is 0.251. The van der Waals surface area contributed by atoms with Gasteiger partial charge in [-0.2, -0.15) is 0 Å². The first-order valence-electron chi connectivity index (χ1n) is 19.3. The molecule has 0 aliphatic rings. The average molecular weight is 815 g/mol. The molecule has 0 atom stereocenters. The second kappa shape index (κ2) is 21.5. The standard InChI is InChI=1S/C49H46N6O6/c1-4-31-59-43-25-19-40(20-26-43)53-47(56)50-37-13-7-34(8-14-37)46(35-9-15-38(16-10-35)51-48(57)54-41-21-27-44(28-22-41)60-32-5-2)36-11-17-39(18-12-36)52-49(58)55-42-23-29-45(30-24-42)61-33-6-3/h4-30,46H,1-3,31-33H2,(H2,50,53,56)(H2,51,54,57)(H2,52,55,58). The molecule has 12 heteroatoms. The van der Waals surface area contributed by atoms with Crippen molar-refractivity contribution in [3.8, 4) is 17.2 Å². The van der Waals surface area contributed by atoms with E-state index in [0.29, 0.717) is 71.2 Å². The molecular weight excluding hydrogens is 769 g/mol. The van der Waals surface area contributed by atoms with Crippen molar-refractivity contribution in [3.63, 3.8) is 0 Å². The maximum Gasteiger partial charge on any atom is 0.323 e. The van der Waals surface area contributed by atoms with Gasteiger partial charge in [-0.15, -0.1) is 0 Å². The number of hydrogen-bond acceptors (Lipinski definition) is 6. The third-order valence-corrected chi connectivity index (χ3v) is 8.95.